The normalized spacial score (nSPS) is 30.2. The maximum absolute atomic E-state index is 10.6. The molecule has 0 aromatic heterocycles. The van der Waals surface area contributed by atoms with Crippen LogP contribution in [0.3, 0.4) is 0 Å². The lowest BCUT2D eigenvalue weighted by Crippen LogP contribution is -2.25. The molecule has 1 N–H and O–H groups in total. The van der Waals surface area contributed by atoms with Gasteiger partial charge in [-0.15, -0.1) is 0 Å². The first-order chi connectivity index (χ1) is 8.49. The number of hydrogen-bond acceptors (Lipinski definition) is 1. The molecule has 0 radical (unpaired) electrons. The average molecular weight is 246 g/mol. The van der Waals surface area contributed by atoms with E-state index in [0.717, 1.165) is 23.8 Å². The van der Waals surface area contributed by atoms with Crippen molar-refractivity contribution in [3.05, 3.63) is 34.9 Å². The molecule has 0 saturated heterocycles. The largest absolute Gasteiger partial charge is 0.388 e. The summed E-state index contributed by atoms with van der Waals surface area (Å²) in [5, 5.41) is 10.6. The van der Waals surface area contributed by atoms with Crippen LogP contribution in [0.15, 0.2) is 18.2 Å². The summed E-state index contributed by atoms with van der Waals surface area (Å²) >= 11 is 0. The van der Waals surface area contributed by atoms with Gasteiger partial charge in [0.25, 0.3) is 0 Å². The predicted octanol–water partition coefficient (Wildman–Crippen LogP) is 4.41. The molecular formula is C17H26O. The summed E-state index contributed by atoms with van der Waals surface area (Å²) in [4.78, 5) is 0. The Bertz CT molecular complexity index is 410. The number of rotatable bonds is 2. The fourth-order valence-corrected chi connectivity index (χ4v) is 3.10. The molecule has 4 atom stereocenters. The van der Waals surface area contributed by atoms with Crippen LogP contribution in [0.25, 0.3) is 0 Å². The van der Waals surface area contributed by atoms with E-state index in [9.17, 15) is 5.11 Å². The van der Waals surface area contributed by atoms with Crippen molar-refractivity contribution in [3.8, 4) is 0 Å². The van der Waals surface area contributed by atoms with Crippen LogP contribution >= 0.6 is 0 Å². The lowest BCUT2D eigenvalue weighted by molar-refractivity contribution is 0.0560. The topological polar surface area (TPSA) is 20.2 Å². The quantitative estimate of drug-likeness (QED) is 0.819. The molecule has 1 aromatic carbocycles. The van der Waals surface area contributed by atoms with Gasteiger partial charge in [-0.2, -0.15) is 0 Å². The first kappa shape index (κ1) is 13.6. The summed E-state index contributed by atoms with van der Waals surface area (Å²) in [6.45, 7) is 8.90. The van der Waals surface area contributed by atoms with Crippen molar-refractivity contribution in [2.45, 2.75) is 53.1 Å². The van der Waals surface area contributed by atoms with Crippen LogP contribution < -0.4 is 0 Å². The molecule has 18 heavy (non-hydrogen) atoms. The molecule has 1 aliphatic rings. The summed E-state index contributed by atoms with van der Waals surface area (Å²) in [7, 11) is 0. The van der Waals surface area contributed by atoms with E-state index in [1.54, 1.807) is 0 Å². The van der Waals surface area contributed by atoms with E-state index in [-0.39, 0.29) is 6.10 Å². The van der Waals surface area contributed by atoms with Gasteiger partial charge in [0.1, 0.15) is 0 Å². The molecule has 2 rings (SSSR count). The van der Waals surface area contributed by atoms with Gasteiger partial charge in [-0.25, -0.2) is 0 Å². The van der Waals surface area contributed by atoms with Gasteiger partial charge in [-0.05, 0) is 61.1 Å². The highest BCUT2D eigenvalue weighted by Gasteiger charge is 2.29. The van der Waals surface area contributed by atoms with Crippen molar-refractivity contribution in [2.75, 3.05) is 0 Å². The average Bonchev–Trinajstić information content (AvgIpc) is 2.35. The van der Waals surface area contributed by atoms with Gasteiger partial charge in [0, 0.05) is 0 Å². The summed E-state index contributed by atoms with van der Waals surface area (Å²) in [6.07, 6.45) is 3.31. The van der Waals surface area contributed by atoms with Gasteiger partial charge < -0.3 is 5.11 Å². The zero-order valence-electron chi connectivity index (χ0n) is 12.1. The molecule has 4 unspecified atom stereocenters. The van der Waals surface area contributed by atoms with E-state index in [2.05, 4.69) is 45.9 Å². The van der Waals surface area contributed by atoms with Gasteiger partial charge in [0.2, 0.25) is 0 Å². The Hall–Kier alpha value is -0.820. The van der Waals surface area contributed by atoms with Gasteiger partial charge in [-0.1, -0.05) is 38.5 Å². The molecule has 1 fully saturated rings. The standard InChI is InChI=1S/C17H26O/c1-11-5-7-15(9-13(11)3)17(18)16-8-6-12(2)14(4)10-16/h5,7,9,12,14,16-18H,6,8,10H2,1-4H3. The summed E-state index contributed by atoms with van der Waals surface area (Å²) in [6, 6.07) is 6.38. The van der Waals surface area contributed by atoms with Crippen LogP contribution in [0.1, 0.15) is 55.9 Å². The zero-order chi connectivity index (χ0) is 13.3. The molecular weight excluding hydrogens is 220 g/mol. The minimum atomic E-state index is -0.278. The van der Waals surface area contributed by atoms with Crippen LogP contribution in [-0.4, -0.2) is 5.11 Å². The second kappa shape index (κ2) is 5.44. The van der Waals surface area contributed by atoms with Crippen molar-refractivity contribution >= 4 is 0 Å². The molecule has 0 bridgehead atoms. The smallest absolute Gasteiger partial charge is 0.0818 e. The summed E-state index contributed by atoms with van der Waals surface area (Å²) in [5.74, 6) is 2.00. The van der Waals surface area contributed by atoms with E-state index < -0.39 is 0 Å². The Morgan fingerprint density at radius 3 is 2.39 bits per heavy atom. The summed E-state index contributed by atoms with van der Waals surface area (Å²) < 4.78 is 0. The van der Waals surface area contributed by atoms with Crippen LogP contribution in [0, 0.1) is 31.6 Å². The van der Waals surface area contributed by atoms with E-state index in [0.29, 0.717) is 5.92 Å². The molecule has 0 heterocycles. The first-order valence-electron chi connectivity index (χ1n) is 7.24. The van der Waals surface area contributed by atoms with Crippen LogP contribution in [0.4, 0.5) is 0 Å². The van der Waals surface area contributed by atoms with E-state index >= 15 is 0 Å². The van der Waals surface area contributed by atoms with Crippen molar-refractivity contribution in [1.82, 2.24) is 0 Å². The molecule has 1 aromatic rings. The van der Waals surface area contributed by atoms with Gasteiger partial charge >= 0.3 is 0 Å². The lowest BCUT2D eigenvalue weighted by atomic mass is 9.73. The predicted molar refractivity (Wildman–Crippen MR) is 76.5 cm³/mol. The molecule has 0 aliphatic heterocycles. The maximum Gasteiger partial charge on any atom is 0.0818 e. The van der Waals surface area contributed by atoms with E-state index in [1.807, 2.05) is 0 Å². The molecule has 0 spiro atoms. The van der Waals surface area contributed by atoms with E-state index in [1.165, 1.54) is 24.0 Å². The third-order valence-electron chi connectivity index (χ3n) is 4.96. The SMILES string of the molecule is Cc1ccc(C(O)C2CCC(C)C(C)C2)cc1C. The molecule has 0 amide bonds. The third-order valence-corrected chi connectivity index (χ3v) is 4.96. The monoisotopic (exact) mass is 246 g/mol. The fourth-order valence-electron chi connectivity index (χ4n) is 3.10. The highest BCUT2D eigenvalue weighted by Crippen LogP contribution is 2.39. The zero-order valence-corrected chi connectivity index (χ0v) is 12.1. The Kier molecular flexibility index (Phi) is 4.11. The van der Waals surface area contributed by atoms with Gasteiger partial charge in [0.15, 0.2) is 0 Å². The lowest BCUT2D eigenvalue weighted by Gasteiger charge is -2.35. The Morgan fingerprint density at radius 1 is 1.06 bits per heavy atom. The van der Waals surface area contributed by atoms with Crippen LogP contribution in [0.5, 0.6) is 0 Å². The van der Waals surface area contributed by atoms with Gasteiger partial charge in [-0.3, -0.25) is 0 Å². The highest BCUT2D eigenvalue weighted by molar-refractivity contribution is 5.31. The fraction of sp³-hybridized carbons (Fsp3) is 0.647. The first-order valence-corrected chi connectivity index (χ1v) is 7.24. The number of benzene rings is 1. The minimum absolute atomic E-state index is 0.278. The summed E-state index contributed by atoms with van der Waals surface area (Å²) in [5.41, 5.74) is 3.69. The van der Waals surface area contributed by atoms with E-state index in [4.69, 9.17) is 0 Å². The van der Waals surface area contributed by atoms with Crippen molar-refractivity contribution < 1.29 is 5.11 Å². The van der Waals surface area contributed by atoms with Crippen molar-refractivity contribution in [2.24, 2.45) is 17.8 Å². The highest BCUT2D eigenvalue weighted by atomic mass is 16.3. The van der Waals surface area contributed by atoms with Gasteiger partial charge in [0.05, 0.1) is 6.10 Å². The number of aliphatic hydroxyl groups is 1. The Morgan fingerprint density at radius 2 is 1.78 bits per heavy atom. The Labute approximate surface area is 111 Å². The number of hydrogen-bond donors (Lipinski definition) is 1. The molecule has 1 aliphatic carbocycles. The molecule has 100 valence electrons. The van der Waals surface area contributed by atoms with Crippen LogP contribution in [-0.2, 0) is 0 Å². The molecule has 1 nitrogen and oxygen atoms in total. The Balaban J connectivity index is 2.11. The second-order valence-corrected chi connectivity index (χ2v) is 6.32. The molecule has 1 saturated carbocycles. The number of aliphatic hydroxyl groups excluding tert-OH is 1. The van der Waals surface area contributed by atoms with Crippen LogP contribution in [0.2, 0.25) is 0 Å². The number of aryl methyl sites for hydroxylation is 2. The minimum Gasteiger partial charge on any atom is -0.388 e. The van der Waals surface area contributed by atoms with Crippen molar-refractivity contribution in [3.63, 3.8) is 0 Å². The molecule has 1 heteroatoms. The van der Waals surface area contributed by atoms with Crippen molar-refractivity contribution in [1.29, 1.82) is 0 Å². The second-order valence-electron chi connectivity index (χ2n) is 6.32. The maximum atomic E-state index is 10.6. The third kappa shape index (κ3) is 2.77.